The van der Waals surface area contributed by atoms with E-state index in [0.717, 1.165) is 6.42 Å². The molecule has 3 atom stereocenters. The van der Waals surface area contributed by atoms with Crippen molar-refractivity contribution in [2.24, 2.45) is 5.73 Å². The molecule has 11 nitrogen and oxygen atoms in total. The zero-order chi connectivity index (χ0) is 22.4. The number of carbonyl (C=O) groups excluding carboxylic acids is 1. The van der Waals surface area contributed by atoms with E-state index in [-0.39, 0.29) is 36.7 Å². The highest BCUT2D eigenvalue weighted by Gasteiger charge is 2.50. The summed E-state index contributed by atoms with van der Waals surface area (Å²) in [5.41, 5.74) is 17.0. The van der Waals surface area contributed by atoms with Crippen LogP contribution in [0, 0.1) is 0 Å². The number of rotatable bonds is 4. The first-order valence-electron chi connectivity index (χ1n) is 10.8. The van der Waals surface area contributed by atoms with Crippen LogP contribution in [0.1, 0.15) is 52.0 Å². The summed E-state index contributed by atoms with van der Waals surface area (Å²) in [5.74, 6) is 0.252. The van der Waals surface area contributed by atoms with Crippen molar-refractivity contribution in [1.82, 2.24) is 24.4 Å². The Labute approximate surface area is 193 Å². The topological polar surface area (TPSA) is 171 Å². The number of nitrogens with zero attached hydrogens (tertiary/aromatic N) is 5. The fourth-order valence-corrected chi connectivity index (χ4v) is 4.94. The summed E-state index contributed by atoms with van der Waals surface area (Å²) in [4.78, 5) is 26.9. The molecule has 2 saturated heterocycles. The Balaban J connectivity index is 0.00000289. The van der Waals surface area contributed by atoms with E-state index < -0.39 is 23.3 Å². The van der Waals surface area contributed by atoms with E-state index in [1.54, 1.807) is 17.8 Å². The number of piperidine rings is 1. The maximum atomic E-state index is 12.5. The van der Waals surface area contributed by atoms with Crippen molar-refractivity contribution in [3.63, 3.8) is 0 Å². The van der Waals surface area contributed by atoms with Gasteiger partial charge < -0.3 is 36.5 Å². The van der Waals surface area contributed by atoms with Gasteiger partial charge in [0.15, 0.2) is 11.5 Å². The molecule has 2 aromatic rings. The number of likely N-dealkylation sites (tertiary alicyclic amines) is 1. The fourth-order valence-electron chi connectivity index (χ4n) is 4.94. The number of hydrogen-bond donors (Lipinski definition) is 4. The van der Waals surface area contributed by atoms with E-state index in [4.69, 9.17) is 21.9 Å². The lowest BCUT2D eigenvalue weighted by atomic mass is 9.75. The van der Waals surface area contributed by atoms with Crippen molar-refractivity contribution >= 4 is 41.2 Å². The molecule has 7 N–H and O–H groups in total. The lowest BCUT2D eigenvalue weighted by Gasteiger charge is -2.51. The quantitative estimate of drug-likeness (QED) is 0.501. The smallest absolute Gasteiger partial charge is 0.239 e. The maximum Gasteiger partial charge on any atom is 0.239 e. The van der Waals surface area contributed by atoms with Crippen LogP contribution in [0.5, 0.6) is 0 Å². The number of imidazole rings is 1. The Morgan fingerprint density at radius 3 is 2.66 bits per heavy atom. The molecule has 0 aliphatic carbocycles. The van der Waals surface area contributed by atoms with E-state index in [2.05, 4.69) is 15.0 Å². The second kappa shape index (κ2) is 8.97. The minimum absolute atomic E-state index is 0. The van der Waals surface area contributed by atoms with Gasteiger partial charge in [-0.1, -0.05) is 13.3 Å². The van der Waals surface area contributed by atoms with Gasteiger partial charge in [0.25, 0.3) is 0 Å². The first kappa shape index (κ1) is 24.4. The number of anilines is 2. The van der Waals surface area contributed by atoms with Crippen LogP contribution in [-0.2, 0) is 9.53 Å². The van der Waals surface area contributed by atoms with E-state index in [1.807, 2.05) is 11.8 Å². The molecule has 178 valence electrons. The van der Waals surface area contributed by atoms with Crippen molar-refractivity contribution in [2.75, 3.05) is 31.2 Å². The Bertz CT molecular complexity index is 973. The Morgan fingerprint density at radius 2 is 2.03 bits per heavy atom. The number of nitrogens with two attached hydrogens (primary N) is 3. The van der Waals surface area contributed by atoms with E-state index in [0.29, 0.717) is 49.9 Å². The fraction of sp³-hybridized carbons (Fsp3) is 0.700. The zero-order valence-electron chi connectivity index (χ0n) is 18.5. The summed E-state index contributed by atoms with van der Waals surface area (Å²) in [6.07, 6.45) is 4.91. The summed E-state index contributed by atoms with van der Waals surface area (Å²) in [6, 6.07) is -0.857. The van der Waals surface area contributed by atoms with Gasteiger partial charge in [0, 0.05) is 19.5 Å². The second-order valence-electron chi connectivity index (χ2n) is 9.06. The molecule has 4 rings (SSSR count). The van der Waals surface area contributed by atoms with Crippen LogP contribution in [-0.4, -0.2) is 72.4 Å². The van der Waals surface area contributed by atoms with Crippen molar-refractivity contribution in [3.05, 3.63) is 6.33 Å². The Morgan fingerprint density at radius 1 is 1.34 bits per heavy atom. The number of ether oxygens (including phenoxy) is 1. The molecule has 32 heavy (non-hydrogen) atoms. The lowest BCUT2D eigenvalue weighted by Crippen LogP contribution is -2.59. The van der Waals surface area contributed by atoms with Gasteiger partial charge in [0.05, 0.1) is 36.2 Å². The Hall–Kier alpha value is -2.21. The predicted molar refractivity (Wildman–Crippen MR) is 123 cm³/mol. The number of hydrogen-bond acceptors (Lipinski definition) is 9. The third-order valence-corrected chi connectivity index (χ3v) is 6.65. The van der Waals surface area contributed by atoms with E-state index in [1.165, 1.54) is 0 Å². The molecule has 2 fully saturated rings. The number of amides is 1. The molecule has 0 unspecified atom stereocenters. The van der Waals surface area contributed by atoms with Gasteiger partial charge in [-0.2, -0.15) is 9.97 Å². The van der Waals surface area contributed by atoms with Gasteiger partial charge in [-0.25, -0.2) is 4.98 Å². The number of carbonyl (C=O) groups is 1. The SMILES string of the molecule is CCC[C@@H](N)C(=O)N1CCC2(CC1)C[C@@](C)(O)[C@H](n1cnc3c(N)nc(N)nc31)CO2.Cl. The first-order chi connectivity index (χ1) is 14.7. The van der Waals surface area contributed by atoms with Crippen LogP contribution in [0.4, 0.5) is 11.8 Å². The summed E-state index contributed by atoms with van der Waals surface area (Å²) in [5, 5.41) is 11.4. The van der Waals surface area contributed by atoms with Crippen LogP contribution in [0.2, 0.25) is 0 Å². The third kappa shape index (κ3) is 4.34. The molecule has 1 spiro atoms. The zero-order valence-corrected chi connectivity index (χ0v) is 19.3. The van der Waals surface area contributed by atoms with Crippen molar-refractivity contribution in [1.29, 1.82) is 0 Å². The van der Waals surface area contributed by atoms with Crippen molar-refractivity contribution in [2.45, 2.75) is 69.2 Å². The van der Waals surface area contributed by atoms with E-state index in [9.17, 15) is 9.90 Å². The molecule has 2 aliphatic rings. The van der Waals surface area contributed by atoms with Gasteiger partial charge in [-0.15, -0.1) is 12.4 Å². The standard InChI is InChI=1S/C20H32N8O3.ClH/c1-3-4-12(21)17(29)27-7-5-20(6-8-27)10-19(2,30)13(9-31-20)28-11-24-14-15(22)25-18(23)26-16(14)28;/h11-13,30H,3-10,21H2,1-2H3,(H4,22,23,25,26);1H/t12-,13-,19-;/m1./s1. The Kier molecular flexibility index (Phi) is 6.85. The molecule has 2 aromatic heterocycles. The number of halogens is 1. The largest absolute Gasteiger partial charge is 0.388 e. The van der Waals surface area contributed by atoms with Gasteiger partial charge >= 0.3 is 0 Å². The van der Waals surface area contributed by atoms with Crippen LogP contribution < -0.4 is 17.2 Å². The average molecular weight is 469 g/mol. The summed E-state index contributed by atoms with van der Waals surface area (Å²) in [6.45, 7) is 5.25. The minimum atomic E-state index is -1.08. The van der Waals surface area contributed by atoms with Crippen molar-refractivity contribution in [3.8, 4) is 0 Å². The van der Waals surface area contributed by atoms with Crippen LogP contribution in [0.15, 0.2) is 6.33 Å². The normalized spacial score (nSPS) is 26.1. The highest BCUT2D eigenvalue weighted by molar-refractivity contribution is 5.85. The van der Waals surface area contributed by atoms with Gasteiger partial charge in [-0.05, 0) is 26.2 Å². The first-order valence-corrected chi connectivity index (χ1v) is 10.8. The lowest BCUT2D eigenvalue weighted by molar-refractivity contribution is -0.197. The predicted octanol–water partition coefficient (Wildman–Crippen LogP) is 0.614. The molecule has 0 aromatic carbocycles. The van der Waals surface area contributed by atoms with Crippen molar-refractivity contribution < 1.29 is 14.6 Å². The highest BCUT2D eigenvalue weighted by Crippen LogP contribution is 2.44. The molecule has 0 radical (unpaired) electrons. The maximum absolute atomic E-state index is 12.5. The molecule has 0 bridgehead atoms. The summed E-state index contributed by atoms with van der Waals surface area (Å²) < 4.78 is 8.10. The molecule has 12 heteroatoms. The number of nitrogen functional groups attached to an aromatic ring is 2. The van der Waals surface area contributed by atoms with E-state index >= 15 is 0 Å². The monoisotopic (exact) mass is 468 g/mol. The molecule has 4 heterocycles. The van der Waals surface area contributed by atoms with Crippen LogP contribution in [0.3, 0.4) is 0 Å². The number of aliphatic hydroxyl groups is 1. The van der Waals surface area contributed by atoms with Gasteiger partial charge in [0.2, 0.25) is 11.9 Å². The molecular formula is C20H33ClN8O3. The summed E-state index contributed by atoms with van der Waals surface area (Å²) in [7, 11) is 0. The number of aromatic nitrogens is 4. The van der Waals surface area contributed by atoms with Gasteiger partial charge in [-0.3, -0.25) is 4.79 Å². The number of fused-ring (bicyclic) bond motifs is 1. The van der Waals surface area contributed by atoms with Crippen LogP contribution >= 0.6 is 12.4 Å². The summed E-state index contributed by atoms with van der Waals surface area (Å²) >= 11 is 0. The average Bonchev–Trinajstić information content (AvgIpc) is 3.11. The van der Waals surface area contributed by atoms with Crippen LogP contribution in [0.25, 0.3) is 11.2 Å². The molecular weight excluding hydrogens is 436 g/mol. The second-order valence-corrected chi connectivity index (χ2v) is 9.06. The highest BCUT2D eigenvalue weighted by atomic mass is 35.5. The molecule has 2 aliphatic heterocycles. The molecule has 1 amide bonds. The minimum Gasteiger partial charge on any atom is -0.388 e. The molecule has 0 saturated carbocycles. The third-order valence-electron chi connectivity index (χ3n) is 6.65. The van der Waals surface area contributed by atoms with Gasteiger partial charge in [0.1, 0.15) is 5.52 Å².